The van der Waals surface area contributed by atoms with Gasteiger partial charge in [0.1, 0.15) is 23.2 Å². The normalized spacial score (nSPS) is 11.0. The first kappa shape index (κ1) is 20.0. The van der Waals surface area contributed by atoms with Gasteiger partial charge in [-0.3, -0.25) is 4.79 Å². The number of nitrogens with zero attached hydrogens (tertiary/aromatic N) is 4. The summed E-state index contributed by atoms with van der Waals surface area (Å²) in [6.45, 7) is -0.371. The van der Waals surface area contributed by atoms with Gasteiger partial charge in [-0.15, -0.1) is 5.10 Å². The summed E-state index contributed by atoms with van der Waals surface area (Å²) in [6.07, 6.45) is 0. The maximum Gasteiger partial charge on any atom is 0.367 e. The van der Waals surface area contributed by atoms with E-state index in [2.05, 4.69) is 15.5 Å². The molecule has 0 spiro atoms. The summed E-state index contributed by atoms with van der Waals surface area (Å²) in [7, 11) is 0. The molecule has 4 rings (SSSR count). The van der Waals surface area contributed by atoms with Crippen molar-refractivity contribution in [3.8, 4) is 0 Å². The van der Waals surface area contributed by atoms with Crippen molar-refractivity contribution in [2.24, 2.45) is 0 Å². The molecular weight excluding hydrogens is 436 g/mol. The van der Waals surface area contributed by atoms with Crippen LogP contribution >= 0.6 is 23.4 Å². The number of halogens is 3. The summed E-state index contributed by atoms with van der Waals surface area (Å²) in [6, 6.07) is 12.9. The van der Waals surface area contributed by atoms with Gasteiger partial charge in [0.15, 0.2) is 5.65 Å². The highest BCUT2D eigenvalue weighted by Crippen LogP contribution is 2.26. The maximum atomic E-state index is 13.3. The third-order valence-electron chi connectivity index (χ3n) is 3.93. The van der Waals surface area contributed by atoms with Gasteiger partial charge < -0.3 is 5.32 Å². The number of carbonyl (C=O) groups excluding carboxylic acids is 1. The molecule has 0 fully saturated rings. The number of rotatable bonds is 5. The number of carbonyl (C=O) groups is 1. The molecule has 0 aliphatic carbocycles. The maximum absolute atomic E-state index is 13.3. The third kappa shape index (κ3) is 4.34. The number of hydrogen-bond donors (Lipinski definition) is 1. The van der Waals surface area contributed by atoms with E-state index < -0.39 is 17.4 Å². The number of aromatic nitrogens is 4. The molecule has 0 radical (unpaired) electrons. The Balaban J connectivity index is 1.53. The quantitative estimate of drug-likeness (QED) is 0.505. The summed E-state index contributed by atoms with van der Waals surface area (Å²) >= 11 is 6.87. The Labute approximate surface area is 177 Å². The SMILES string of the molecule is O=C(Cn1nc2ccc(Sc3cccc(F)c3)nn2c1=O)Nc1ccc(F)c(Cl)c1. The van der Waals surface area contributed by atoms with Crippen molar-refractivity contribution >= 4 is 40.6 Å². The van der Waals surface area contributed by atoms with Gasteiger partial charge in [-0.05, 0) is 48.5 Å². The molecule has 1 amide bonds. The van der Waals surface area contributed by atoms with Gasteiger partial charge in [0, 0.05) is 10.6 Å². The van der Waals surface area contributed by atoms with Gasteiger partial charge in [0.25, 0.3) is 0 Å². The number of benzene rings is 2. The fourth-order valence-corrected chi connectivity index (χ4v) is 3.61. The molecule has 0 unspecified atom stereocenters. The van der Waals surface area contributed by atoms with Crippen molar-refractivity contribution in [1.82, 2.24) is 19.4 Å². The van der Waals surface area contributed by atoms with Crippen LogP contribution in [-0.4, -0.2) is 25.3 Å². The Morgan fingerprint density at radius 2 is 1.93 bits per heavy atom. The molecule has 152 valence electrons. The average Bonchev–Trinajstić information content (AvgIpc) is 3.00. The summed E-state index contributed by atoms with van der Waals surface area (Å²) in [5, 5.41) is 11.1. The molecule has 30 heavy (non-hydrogen) atoms. The van der Waals surface area contributed by atoms with Gasteiger partial charge in [-0.2, -0.15) is 9.61 Å². The number of fused-ring (bicyclic) bond motifs is 1. The smallest absolute Gasteiger partial charge is 0.324 e. The highest BCUT2D eigenvalue weighted by molar-refractivity contribution is 7.99. The van der Waals surface area contributed by atoms with Crippen LogP contribution in [0.4, 0.5) is 14.5 Å². The Hall–Kier alpha value is -3.24. The molecule has 2 aromatic carbocycles. The molecule has 2 aromatic heterocycles. The molecule has 4 aromatic rings. The highest BCUT2D eigenvalue weighted by Gasteiger charge is 2.13. The lowest BCUT2D eigenvalue weighted by Crippen LogP contribution is -2.28. The lowest BCUT2D eigenvalue weighted by Gasteiger charge is -2.05. The van der Waals surface area contributed by atoms with Gasteiger partial charge >= 0.3 is 5.69 Å². The second kappa shape index (κ2) is 8.25. The highest BCUT2D eigenvalue weighted by atomic mass is 35.5. The van der Waals surface area contributed by atoms with Crippen LogP contribution in [0, 0.1) is 11.6 Å². The third-order valence-corrected chi connectivity index (χ3v) is 5.14. The van der Waals surface area contributed by atoms with Crippen molar-refractivity contribution in [3.63, 3.8) is 0 Å². The van der Waals surface area contributed by atoms with Crippen LogP contribution in [-0.2, 0) is 11.3 Å². The molecule has 0 bridgehead atoms. The van der Waals surface area contributed by atoms with Crippen molar-refractivity contribution in [3.05, 3.63) is 81.7 Å². The predicted octanol–water partition coefficient (Wildman–Crippen LogP) is 3.61. The van der Waals surface area contributed by atoms with Crippen LogP contribution in [0.15, 0.2) is 69.3 Å². The standard InChI is InChI=1S/C19H12ClF2N5O2S/c20-14-9-12(4-5-15(14)22)23-17(28)10-26-19(29)27-16(24-26)6-7-18(25-27)30-13-3-1-2-11(21)8-13/h1-9H,10H2,(H,23,28). The zero-order valence-electron chi connectivity index (χ0n) is 15.1. The van der Waals surface area contributed by atoms with E-state index in [4.69, 9.17) is 11.6 Å². The van der Waals surface area contributed by atoms with E-state index >= 15 is 0 Å². The summed E-state index contributed by atoms with van der Waals surface area (Å²) in [5.74, 6) is -1.53. The lowest BCUT2D eigenvalue weighted by atomic mass is 10.3. The summed E-state index contributed by atoms with van der Waals surface area (Å²) < 4.78 is 28.6. The predicted molar refractivity (Wildman–Crippen MR) is 108 cm³/mol. The zero-order valence-corrected chi connectivity index (χ0v) is 16.6. The zero-order chi connectivity index (χ0) is 21.3. The fraction of sp³-hybridized carbons (Fsp3) is 0.0526. The molecule has 7 nitrogen and oxygen atoms in total. The van der Waals surface area contributed by atoms with Crippen molar-refractivity contribution in [2.75, 3.05) is 5.32 Å². The first-order valence-electron chi connectivity index (χ1n) is 8.54. The van der Waals surface area contributed by atoms with Crippen LogP contribution in [0.3, 0.4) is 0 Å². The molecule has 0 aliphatic rings. The molecule has 1 N–H and O–H groups in total. The van der Waals surface area contributed by atoms with Crippen LogP contribution in [0.25, 0.3) is 5.65 Å². The Bertz CT molecular complexity index is 1320. The molecule has 0 aliphatic heterocycles. The molecule has 0 saturated heterocycles. The van der Waals surface area contributed by atoms with E-state index in [0.29, 0.717) is 9.92 Å². The minimum absolute atomic E-state index is 0.134. The Kier molecular flexibility index (Phi) is 5.51. The van der Waals surface area contributed by atoms with Crippen molar-refractivity contribution < 1.29 is 13.6 Å². The van der Waals surface area contributed by atoms with E-state index in [-0.39, 0.29) is 28.7 Å². The summed E-state index contributed by atoms with van der Waals surface area (Å²) in [5.41, 5.74) is -0.0738. The van der Waals surface area contributed by atoms with Crippen LogP contribution in [0.1, 0.15) is 0 Å². The Morgan fingerprint density at radius 1 is 1.10 bits per heavy atom. The first-order chi connectivity index (χ1) is 14.4. The number of amides is 1. The van der Waals surface area contributed by atoms with E-state index in [1.165, 1.54) is 36.0 Å². The molecule has 0 saturated carbocycles. The molecule has 0 atom stereocenters. The van der Waals surface area contributed by atoms with E-state index in [1.54, 1.807) is 24.3 Å². The largest absolute Gasteiger partial charge is 0.367 e. The summed E-state index contributed by atoms with van der Waals surface area (Å²) in [4.78, 5) is 25.4. The van der Waals surface area contributed by atoms with Crippen molar-refractivity contribution in [1.29, 1.82) is 0 Å². The first-order valence-corrected chi connectivity index (χ1v) is 9.74. The second-order valence-corrected chi connectivity index (χ2v) is 7.62. The van der Waals surface area contributed by atoms with Gasteiger partial charge in [0.05, 0.1) is 5.02 Å². The average molecular weight is 448 g/mol. The minimum Gasteiger partial charge on any atom is -0.324 e. The van der Waals surface area contributed by atoms with E-state index in [0.717, 1.165) is 15.3 Å². The van der Waals surface area contributed by atoms with Crippen LogP contribution in [0.2, 0.25) is 5.02 Å². The fourth-order valence-electron chi connectivity index (χ4n) is 2.61. The lowest BCUT2D eigenvalue weighted by molar-refractivity contribution is -0.117. The van der Waals surface area contributed by atoms with E-state index in [9.17, 15) is 18.4 Å². The molecule has 11 heteroatoms. The van der Waals surface area contributed by atoms with Gasteiger partial charge in [-0.1, -0.05) is 29.4 Å². The number of nitrogens with one attached hydrogen (secondary N) is 1. The Morgan fingerprint density at radius 3 is 2.70 bits per heavy atom. The van der Waals surface area contributed by atoms with Crippen LogP contribution in [0.5, 0.6) is 0 Å². The van der Waals surface area contributed by atoms with Crippen molar-refractivity contribution in [2.45, 2.75) is 16.5 Å². The minimum atomic E-state index is -0.612. The molecular formula is C19H12ClF2N5O2S. The monoisotopic (exact) mass is 447 g/mol. The van der Waals surface area contributed by atoms with E-state index in [1.807, 2.05) is 0 Å². The molecule has 2 heterocycles. The number of anilines is 1. The number of hydrogen-bond acceptors (Lipinski definition) is 5. The topological polar surface area (TPSA) is 81.3 Å². The van der Waals surface area contributed by atoms with Crippen LogP contribution < -0.4 is 11.0 Å². The van der Waals surface area contributed by atoms with Gasteiger partial charge in [-0.25, -0.2) is 18.3 Å². The second-order valence-electron chi connectivity index (χ2n) is 6.12. The van der Waals surface area contributed by atoms with Gasteiger partial charge in [0.2, 0.25) is 5.91 Å².